The summed E-state index contributed by atoms with van der Waals surface area (Å²) < 4.78 is 38.7. The van der Waals surface area contributed by atoms with Gasteiger partial charge in [-0.2, -0.15) is 0 Å². The van der Waals surface area contributed by atoms with Crippen LogP contribution >= 0.6 is 0 Å². The fraction of sp³-hybridized carbons (Fsp3) is 0.263. The molecule has 7 nitrogen and oxygen atoms in total. The van der Waals surface area contributed by atoms with Crippen molar-refractivity contribution in [2.45, 2.75) is 25.0 Å². The molecule has 27 heavy (non-hydrogen) atoms. The van der Waals surface area contributed by atoms with Gasteiger partial charge in [-0.15, -0.1) is 10.2 Å². The van der Waals surface area contributed by atoms with Crippen molar-refractivity contribution in [3.63, 3.8) is 0 Å². The van der Waals surface area contributed by atoms with Crippen LogP contribution < -0.4 is 9.46 Å². The van der Waals surface area contributed by atoms with Crippen LogP contribution in [0.2, 0.25) is 0 Å². The number of hydrogen-bond donors (Lipinski definition) is 1. The van der Waals surface area contributed by atoms with E-state index < -0.39 is 10.0 Å². The SMILES string of the molecule is CCOc1ccccc1-c1nnc(-c2ccccc2NS(=O)(=O)C2CC2)o1. The van der Waals surface area contributed by atoms with Crippen LogP contribution in [0.5, 0.6) is 5.75 Å². The van der Waals surface area contributed by atoms with Crippen molar-refractivity contribution in [3.8, 4) is 28.7 Å². The molecule has 140 valence electrons. The Hall–Kier alpha value is -2.87. The highest BCUT2D eigenvalue weighted by molar-refractivity contribution is 7.93. The molecule has 1 aromatic heterocycles. The molecule has 0 bridgehead atoms. The molecule has 0 amide bonds. The summed E-state index contributed by atoms with van der Waals surface area (Å²) >= 11 is 0. The summed E-state index contributed by atoms with van der Waals surface area (Å²) in [4.78, 5) is 0. The van der Waals surface area contributed by atoms with Crippen molar-refractivity contribution in [2.24, 2.45) is 0 Å². The molecule has 1 heterocycles. The van der Waals surface area contributed by atoms with Gasteiger partial charge in [-0.05, 0) is 44.0 Å². The third-order valence-corrected chi connectivity index (χ3v) is 6.07. The van der Waals surface area contributed by atoms with E-state index in [1.54, 1.807) is 24.3 Å². The minimum absolute atomic E-state index is 0.241. The Morgan fingerprint density at radius 2 is 1.67 bits per heavy atom. The molecule has 0 unspecified atom stereocenters. The molecule has 1 aliphatic rings. The molecule has 1 saturated carbocycles. The molecular weight excluding hydrogens is 366 g/mol. The number of hydrogen-bond acceptors (Lipinski definition) is 6. The molecule has 0 radical (unpaired) electrons. The molecule has 0 atom stereocenters. The van der Waals surface area contributed by atoms with Crippen molar-refractivity contribution in [3.05, 3.63) is 48.5 Å². The topological polar surface area (TPSA) is 94.3 Å². The molecular formula is C19H19N3O4S. The van der Waals surface area contributed by atoms with E-state index in [1.165, 1.54) is 0 Å². The Morgan fingerprint density at radius 1 is 1.04 bits per heavy atom. The van der Waals surface area contributed by atoms with Crippen LogP contribution in [0.3, 0.4) is 0 Å². The molecule has 3 aromatic rings. The monoisotopic (exact) mass is 385 g/mol. The van der Waals surface area contributed by atoms with Crippen molar-refractivity contribution >= 4 is 15.7 Å². The van der Waals surface area contributed by atoms with Crippen LogP contribution in [0, 0.1) is 0 Å². The first kappa shape index (κ1) is 17.5. The second kappa shape index (κ2) is 7.03. The average Bonchev–Trinajstić information content (AvgIpc) is 3.42. The van der Waals surface area contributed by atoms with Crippen LogP contribution in [0.4, 0.5) is 5.69 Å². The van der Waals surface area contributed by atoms with Crippen LogP contribution in [-0.4, -0.2) is 30.5 Å². The lowest BCUT2D eigenvalue weighted by molar-refractivity contribution is 0.340. The van der Waals surface area contributed by atoms with Gasteiger partial charge in [0.15, 0.2) is 0 Å². The number of sulfonamides is 1. The molecule has 8 heteroatoms. The van der Waals surface area contributed by atoms with Crippen molar-refractivity contribution < 1.29 is 17.6 Å². The quantitative estimate of drug-likeness (QED) is 0.666. The van der Waals surface area contributed by atoms with E-state index in [0.717, 1.165) is 0 Å². The van der Waals surface area contributed by atoms with Gasteiger partial charge in [-0.1, -0.05) is 24.3 Å². The number of benzene rings is 2. The molecule has 0 saturated heterocycles. The maximum Gasteiger partial charge on any atom is 0.251 e. The number of para-hydroxylation sites is 2. The Kier molecular flexibility index (Phi) is 4.57. The third kappa shape index (κ3) is 3.66. The predicted octanol–water partition coefficient (Wildman–Crippen LogP) is 3.71. The molecule has 4 rings (SSSR count). The summed E-state index contributed by atoms with van der Waals surface area (Å²) in [6.45, 7) is 2.42. The smallest absolute Gasteiger partial charge is 0.251 e. The highest BCUT2D eigenvalue weighted by Gasteiger charge is 2.36. The van der Waals surface area contributed by atoms with Gasteiger partial charge in [0.1, 0.15) is 5.75 Å². The van der Waals surface area contributed by atoms with Crippen molar-refractivity contribution in [1.82, 2.24) is 10.2 Å². The minimum atomic E-state index is -3.39. The minimum Gasteiger partial charge on any atom is -0.493 e. The number of ether oxygens (including phenoxy) is 1. The predicted molar refractivity (Wildman–Crippen MR) is 102 cm³/mol. The second-order valence-electron chi connectivity index (χ2n) is 6.23. The number of nitrogens with one attached hydrogen (secondary N) is 1. The van der Waals surface area contributed by atoms with Gasteiger partial charge in [-0.25, -0.2) is 8.42 Å². The van der Waals surface area contributed by atoms with Gasteiger partial charge in [-0.3, -0.25) is 4.72 Å². The average molecular weight is 385 g/mol. The van der Waals surface area contributed by atoms with Crippen LogP contribution in [0.25, 0.3) is 22.9 Å². The first-order valence-corrected chi connectivity index (χ1v) is 10.3. The Bertz CT molecular complexity index is 1060. The van der Waals surface area contributed by atoms with E-state index in [-0.39, 0.29) is 11.1 Å². The lowest BCUT2D eigenvalue weighted by Crippen LogP contribution is -2.17. The normalized spacial score (nSPS) is 14.1. The zero-order valence-electron chi connectivity index (χ0n) is 14.8. The zero-order chi connectivity index (χ0) is 18.9. The van der Waals surface area contributed by atoms with Crippen LogP contribution in [-0.2, 0) is 10.0 Å². The molecule has 1 fully saturated rings. The number of anilines is 1. The molecule has 0 aliphatic heterocycles. The Labute approximate surface area is 157 Å². The highest BCUT2D eigenvalue weighted by Crippen LogP contribution is 2.35. The molecule has 1 aliphatic carbocycles. The van der Waals surface area contributed by atoms with E-state index in [9.17, 15) is 8.42 Å². The third-order valence-electron chi connectivity index (χ3n) is 4.22. The molecule has 1 N–H and O–H groups in total. The van der Waals surface area contributed by atoms with E-state index in [0.29, 0.717) is 47.9 Å². The van der Waals surface area contributed by atoms with Gasteiger partial charge in [0, 0.05) is 0 Å². The van der Waals surface area contributed by atoms with Gasteiger partial charge in [0.25, 0.3) is 5.89 Å². The van der Waals surface area contributed by atoms with E-state index in [1.807, 2.05) is 31.2 Å². The molecule has 0 spiro atoms. The lowest BCUT2D eigenvalue weighted by atomic mass is 10.2. The largest absolute Gasteiger partial charge is 0.493 e. The van der Waals surface area contributed by atoms with Crippen molar-refractivity contribution in [1.29, 1.82) is 0 Å². The summed E-state index contributed by atoms with van der Waals surface area (Å²) in [5.41, 5.74) is 1.65. The Morgan fingerprint density at radius 3 is 2.37 bits per heavy atom. The fourth-order valence-electron chi connectivity index (χ4n) is 2.74. The van der Waals surface area contributed by atoms with Crippen molar-refractivity contribution in [2.75, 3.05) is 11.3 Å². The maximum absolute atomic E-state index is 12.3. The Balaban J connectivity index is 1.68. The standard InChI is InChI=1S/C19H19N3O4S/c1-2-25-17-10-6-4-8-15(17)19-21-20-18(26-19)14-7-3-5-9-16(14)22-27(23,24)13-11-12-13/h3-10,13,22H,2,11-12H2,1H3. The van der Waals surface area contributed by atoms with Gasteiger partial charge < -0.3 is 9.15 Å². The highest BCUT2D eigenvalue weighted by atomic mass is 32.2. The summed E-state index contributed by atoms with van der Waals surface area (Å²) in [7, 11) is -3.39. The zero-order valence-corrected chi connectivity index (χ0v) is 15.6. The van der Waals surface area contributed by atoms with Crippen LogP contribution in [0.15, 0.2) is 52.9 Å². The first-order chi connectivity index (χ1) is 13.1. The van der Waals surface area contributed by atoms with Gasteiger partial charge in [0.05, 0.1) is 28.7 Å². The number of rotatable bonds is 7. The van der Waals surface area contributed by atoms with Gasteiger partial charge >= 0.3 is 0 Å². The first-order valence-electron chi connectivity index (χ1n) is 8.75. The fourth-order valence-corrected chi connectivity index (χ4v) is 4.15. The lowest BCUT2D eigenvalue weighted by Gasteiger charge is -2.10. The summed E-state index contributed by atoms with van der Waals surface area (Å²) in [5, 5.41) is 7.91. The van der Waals surface area contributed by atoms with E-state index >= 15 is 0 Å². The number of aromatic nitrogens is 2. The second-order valence-corrected chi connectivity index (χ2v) is 8.19. The van der Waals surface area contributed by atoms with E-state index in [4.69, 9.17) is 9.15 Å². The maximum atomic E-state index is 12.3. The van der Waals surface area contributed by atoms with E-state index in [2.05, 4.69) is 14.9 Å². The molecule has 2 aromatic carbocycles. The summed E-state index contributed by atoms with van der Waals surface area (Å²) in [6, 6.07) is 14.4. The summed E-state index contributed by atoms with van der Waals surface area (Å²) in [6.07, 6.45) is 1.38. The number of nitrogens with zero attached hydrogens (tertiary/aromatic N) is 2. The summed E-state index contributed by atoms with van der Waals surface area (Å²) in [5.74, 6) is 1.21. The van der Waals surface area contributed by atoms with Crippen LogP contribution in [0.1, 0.15) is 19.8 Å². The van der Waals surface area contributed by atoms with Gasteiger partial charge in [0.2, 0.25) is 15.9 Å².